The smallest absolute Gasteiger partial charge is 0.280 e. The van der Waals surface area contributed by atoms with E-state index in [1.807, 2.05) is 6.92 Å². The van der Waals surface area contributed by atoms with Gasteiger partial charge in [0.25, 0.3) is 5.69 Å². The SMILES string of the molecule is COc1cc(-c2c(C)cc3c(c2[N+](=O)[O-])CCC3)ccn1. The van der Waals surface area contributed by atoms with Gasteiger partial charge < -0.3 is 4.74 Å². The molecule has 0 atom stereocenters. The molecule has 1 aromatic heterocycles. The number of methoxy groups -OCH3 is 1. The van der Waals surface area contributed by atoms with Crippen molar-refractivity contribution in [3.8, 4) is 17.0 Å². The highest BCUT2D eigenvalue weighted by molar-refractivity contribution is 5.80. The molecule has 0 fully saturated rings. The van der Waals surface area contributed by atoms with E-state index in [-0.39, 0.29) is 10.6 Å². The normalized spacial score (nSPS) is 13.0. The molecule has 5 nitrogen and oxygen atoms in total. The van der Waals surface area contributed by atoms with Gasteiger partial charge in [-0.1, -0.05) is 6.07 Å². The van der Waals surface area contributed by atoms with Crippen molar-refractivity contribution in [1.82, 2.24) is 4.98 Å². The molecular formula is C16H16N2O3. The predicted octanol–water partition coefficient (Wildman–Crippen LogP) is 3.46. The number of benzene rings is 1. The molecule has 2 aromatic rings. The molecule has 108 valence electrons. The van der Waals surface area contributed by atoms with Gasteiger partial charge in [-0.25, -0.2) is 4.98 Å². The first kappa shape index (κ1) is 13.5. The Hall–Kier alpha value is -2.43. The fourth-order valence-electron chi connectivity index (χ4n) is 3.11. The lowest BCUT2D eigenvalue weighted by molar-refractivity contribution is -0.384. The fourth-order valence-corrected chi connectivity index (χ4v) is 3.11. The van der Waals surface area contributed by atoms with Gasteiger partial charge in [-0.3, -0.25) is 10.1 Å². The van der Waals surface area contributed by atoms with Crippen molar-refractivity contribution in [2.24, 2.45) is 0 Å². The van der Waals surface area contributed by atoms with E-state index >= 15 is 0 Å². The van der Waals surface area contributed by atoms with Crippen molar-refractivity contribution >= 4 is 5.69 Å². The number of ether oxygens (including phenoxy) is 1. The summed E-state index contributed by atoms with van der Waals surface area (Å²) in [5.41, 5.74) is 4.63. The molecule has 0 N–H and O–H groups in total. The maximum Gasteiger partial charge on any atom is 0.280 e. The first-order valence-electron chi connectivity index (χ1n) is 6.92. The van der Waals surface area contributed by atoms with Crippen LogP contribution in [0.5, 0.6) is 5.88 Å². The van der Waals surface area contributed by atoms with Crippen LogP contribution >= 0.6 is 0 Å². The third kappa shape index (κ3) is 2.24. The summed E-state index contributed by atoms with van der Waals surface area (Å²) >= 11 is 0. The molecule has 0 saturated heterocycles. The number of pyridine rings is 1. The highest BCUT2D eigenvalue weighted by atomic mass is 16.6. The Bertz CT molecular complexity index is 726. The zero-order chi connectivity index (χ0) is 15.0. The quantitative estimate of drug-likeness (QED) is 0.639. The van der Waals surface area contributed by atoms with Crippen LogP contribution in [-0.2, 0) is 12.8 Å². The zero-order valence-electron chi connectivity index (χ0n) is 12.0. The monoisotopic (exact) mass is 284 g/mol. The third-order valence-corrected chi connectivity index (χ3v) is 3.98. The molecule has 1 aromatic carbocycles. The van der Waals surface area contributed by atoms with Crippen LogP contribution < -0.4 is 4.74 Å². The first-order chi connectivity index (χ1) is 10.1. The van der Waals surface area contributed by atoms with Crippen molar-refractivity contribution in [2.75, 3.05) is 7.11 Å². The molecule has 21 heavy (non-hydrogen) atoms. The van der Waals surface area contributed by atoms with Crippen LogP contribution in [0.4, 0.5) is 5.69 Å². The van der Waals surface area contributed by atoms with Gasteiger partial charge in [0.1, 0.15) is 0 Å². The van der Waals surface area contributed by atoms with E-state index in [4.69, 9.17) is 4.74 Å². The molecule has 3 rings (SSSR count). The Morgan fingerprint density at radius 1 is 1.33 bits per heavy atom. The molecule has 0 saturated carbocycles. The van der Waals surface area contributed by atoms with Crippen molar-refractivity contribution in [2.45, 2.75) is 26.2 Å². The molecule has 1 aliphatic rings. The number of fused-ring (bicyclic) bond motifs is 1. The number of nitro benzene ring substituents is 1. The van der Waals surface area contributed by atoms with E-state index in [2.05, 4.69) is 11.1 Å². The molecule has 0 aliphatic heterocycles. The van der Waals surface area contributed by atoms with Gasteiger partial charge >= 0.3 is 0 Å². The Kier molecular flexibility index (Phi) is 3.33. The summed E-state index contributed by atoms with van der Waals surface area (Å²) in [4.78, 5) is 15.4. The summed E-state index contributed by atoms with van der Waals surface area (Å²) in [6.45, 7) is 1.92. The van der Waals surface area contributed by atoms with E-state index in [0.29, 0.717) is 11.4 Å². The Morgan fingerprint density at radius 2 is 2.14 bits per heavy atom. The molecule has 0 spiro atoms. The van der Waals surface area contributed by atoms with E-state index in [1.165, 1.54) is 7.11 Å². The van der Waals surface area contributed by atoms with Crippen LogP contribution in [0, 0.1) is 17.0 Å². The van der Waals surface area contributed by atoms with E-state index in [1.54, 1.807) is 18.3 Å². The molecule has 0 bridgehead atoms. The second kappa shape index (κ2) is 5.16. The molecule has 0 unspecified atom stereocenters. The Morgan fingerprint density at radius 3 is 2.86 bits per heavy atom. The molecular weight excluding hydrogens is 268 g/mol. The minimum absolute atomic E-state index is 0.246. The number of aromatic nitrogens is 1. The lowest BCUT2D eigenvalue weighted by Gasteiger charge is -2.12. The summed E-state index contributed by atoms with van der Waals surface area (Å²) in [5, 5.41) is 11.6. The lowest BCUT2D eigenvalue weighted by Crippen LogP contribution is -2.01. The highest BCUT2D eigenvalue weighted by Gasteiger charge is 2.28. The average molecular weight is 284 g/mol. The van der Waals surface area contributed by atoms with Crippen LogP contribution in [0.25, 0.3) is 11.1 Å². The minimum Gasteiger partial charge on any atom is -0.481 e. The van der Waals surface area contributed by atoms with Gasteiger partial charge in [0.05, 0.1) is 17.6 Å². The van der Waals surface area contributed by atoms with Gasteiger partial charge in [-0.05, 0) is 48.9 Å². The number of rotatable bonds is 3. The maximum atomic E-state index is 11.6. The lowest BCUT2D eigenvalue weighted by atomic mass is 9.93. The fraction of sp³-hybridized carbons (Fsp3) is 0.312. The van der Waals surface area contributed by atoms with E-state index in [0.717, 1.165) is 41.5 Å². The van der Waals surface area contributed by atoms with Gasteiger partial charge in [0.15, 0.2) is 0 Å². The predicted molar refractivity (Wildman–Crippen MR) is 79.6 cm³/mol. The zero-order valence-corrected chi connectivity index (χ0v) is 12.0. The van der Waals surface area contributed by atoms with Gasteiger partial charge in [0, 0.05) is 17.8 Å². The second-order valence-electron chi connectivity index (χ2n) is 5.25. The van der Waals surface area contributed by atoms with Crippen molar-refractivity contribution in [1.29, 1.82) is 0 Å². The second-order valence-corrected chi connectivity index (χ2v) is 5.25. The summed E-state index contributed by atoms with van der Waals surface area (Å²) < 4.78 is 5.13. The van der Waals surface area contributed by atoms with Gasteiger partial charge in [0.2, 0.25) is 5.88 Å². The van der Waals surface area contributed by atoms with Gasteiger partial charge in [-0.2, -0.15) is 0 Å². The van der Waals surface area contributed by atoms with Crippen molar-refractivity contribution in [3.63, 3.8) is 0 Å². The van der Waals surface area contributed by atoms with Crippen LogP contribution in [-0.4, -0.2) is 17.0 Å². The Balaban J connectivity index is 2.28. The third-order valence-electron chi connectivity index (χ3n) is 3.98. The van der Waals surface area contributed by atoms with E-state index < -0.39 is 0 Å². The molecule has 0 amide bonds. The van der Waals surface area contributed by atoms with E-state index in [9.17, 15) is 10.1 Å². The average Bonchev–Trinajstić information content (AvgIpc) is 2.93. The van der Waals surface area contributed by atoms with Crippen molar-refractivity contribution < 1.29 is 9.66 Å². The number of hydrogen-bond donors (Lipinski definition) is 0. The first-order valence-corrected chi connectivity index (χ1v) is 6.92. The number of hydrogen-bond acceptors (Lipinski definition) is 4. The van der Waals surface area contributed by atoms with Gasteiger partial charge in [-0.15, -0.1) is 0 Å². The van der Waals surface area contributed by atoms with Crippen LogP contribution in [0.3, 0.4) is 0 Å². The summed E-state index contributed by atoms with van der Waals surface area (Å²) in [5.74, 6) is 0.460. The Labute approximate surface area is 122 Å². The number of aryl methyl sites for hydroxylation is 2. The van der Waals surface area contributed by atoms with Crippen molar-refractivity contribution in [3.05, 3.63) is 51.2 Å². The topological polar surface area (TPSA) is 65.3 Å². The van der Waals surface area contributed by atoms with Crippen LogP contribution in [0.2, 0.25) is 0 Å². The molecule has 5 heteroatoms. The molecule has 1 aliphatic carbocycles. The summed E-state index contributed by atoms with van der Waals surface area (Å²) in [6.07, 6.45) is 4.31. The highest BCUT2D eigenvalue weighted by Crippen LogP contribution is 2.41. The summed E-state index contributed by atoms with van der Waals surface area (Å²) in [7, 11) is 1.54. The summed E-state index contributed by atoms with van der Waals surface area (Å²) in [6, 6.07) is 5.62. The standard InChI is InChI=1S/C16H16N2O3/c1-10-8-11-4-3-5-13(11)16(18(19)20)15(10)12-6-7-17-14(9-12)21-2/h6-9H,3-5H2,1-2H3. The molecule has 0 radical (unpaired) electrons. The van der Waals surface area contributed by atoms with Crippen LogP contribution in [0.1, 0.15) is 23.1 Å². The number of nitrogens with zero attached hydrogens (tertiary/aromatic N) is 2. The maximum absolute atomic E-state index is 11.6. The number of nitro groups is 1. The largest absolute Gasteiger partial charge is 0.481 e. The molecule has 1 heterocycles. The minimum atomic E-state index is -0.251. The van der Waals surface area contributed by atoms with Crippen LogP contribution in [0.15, 0.2) is 24.4 Å².